The average Bonchev–Trinajstić information content (AvgIpc) is 2.62. The monoisotopic (exact) mass is 361 g/mol. The van der Waals surface area contributed by atoms with E-state index < -0.39 is 23.8 Å². The van der Waals surface area contributed by atoms with Gasteiger partial charge in [-0.3, -0.25) is 9.78 Å². The van der Waals surface area contributed by atoms with Crippen LogP contribution in [0.5, 0.6) is 0 Å². The molecule has 0 aliphatic carbocycles. The van der Waals surface area contributed by atoms with Gasteiger partial charge < -0.3 is 19.9 Å². The van der Waals surface area contributed by atoms with Crippen molar-refractivity contribution in [3.05, 3.63) is 41.5 Å². The third kappa shape index (κ3) is 4.01. The third-order valence-corrected chi connectivity index (χ3v) is 3.75. The lowest BCUT2D eigenvalue weighted by Gasteiger charge is -2.30. The Labute approximate surface area is 152 Å². The number of hydrogen-bond acceptors (Lipinski definition) is 8. The Morgan fingerprint density at radius 3 is 2.42 bits per heavy atom. The van der Waals surface area contributed by atoms with Crippen molar-refractivity contribution in [2.45, 2.75) is 26.7 Å². The molecule has 2 heterocycles. The summed E-state index contributed by atoms with van der Waals surface area (Å²) in [4.78, 5) is 33.6. The van der Waals surface area contributed by atoms with Crippen LogP contribution in [0.25, 0.3) is 0 Å². The number of carbonyl (C=O) groups is 2. The molecule has 1 aliphatic heterocycles. The molecule has 2 N–H and O–H groups in total. The first-order chi connectivity index (χ1) is 12.5. The van der Waals surface area contributed by atoms with E-state index >= 15 is 0 Å². The number of ether oxygens (including phenoxy) is 3. The number of nitrogens with zero attached hydrogens (tertiary/aromatic N) is 2. The van der Waals surface area contributed by atoms with Gasteiger partial charge in [0.05, 0.1) is 31.3 Å². The van der Waals surface area contributed by atoms with E-state index in [1.807, 2.05) is 0 Å². The van der Waals surface area contributed by atoms with Gasteiger partial charge >= 0.3 is 11.9 Å². The van der Waals surface area contributed by atoms with Crippen LogP contribution in [-0.2, 0) is 23.8 Å². The first kappa shape index (κ1) is 19.4. The summed E-state index contributed by atoms with van der Waals surface area (Å²) in [7, 11) is 0. The molecule has 8 heteroatoms. The second-order valence-corrected chi connectivity index (χ2v) is 5.36. The fourth-order valence-electron chi connectivity index (χ4n) is 2.77. The lowest BCUT2D eigenvalue weighted by molar-refractivity contribution is -0.146. The van der Waals surface area contributed by atoms with Crippen molar-refractivity contribution in [2.75, 3.05) is 19.8 Å². The molecule has 1 aromatic rings. The molecule has 1 aliphatic rings. The van der Waals surface area contributed by atoms with Crippen molar-refractivity contribution >= 4 is 17.8 Å². The molecule has 0 spiro atoms. The maximum Gasteiger partial charge on any atom is 0.338 e. The Morgan fingerprint density at radius 1 is 1.12 bits per heavy atom. The first-order valence-electron chi connectivity index (χ1n) is 8.50. The summed E-state index contributed by atoms with van der Waals surface area (Å²) in [5.41, 5.74) is 6.58. The van der Waals surface area contributed by atoms with Crippen molar-refractivity contribution in [1.82, 2.24) is 4.98 Å². The standard InChI is InChI=1S/C18H23N3O5/c1-4-24-16-14(18(23)26-6-3)12(11-9-7-8-10-20-11)13(15(19)21-16)17(22)25-5-2/h7-10,12,14H,4-6,19H2,1-3H3. The first-order valence-corrected chi connectivity index (χ1v) is 8.50. The molecule has 8 nitrogen and oxygen atoms in total. The van der Waals surface area contributed by atoms with Crippen LogP contribution >= 0.6 is 0 Å². The largest absolute Gasteiger partial charge is 0.480 e. The van der Waals surface area contributed by atoms with Gasteiger partial charge in [-0.25, -0.2) is 4.79 Å². The van der Waals surface area contributed by atoms with Crippen LogP contribution in [0, 0.1) is 5.92 Å². The van der Waals surface area contributed by atoms with Crippen molar-refractivity contribution in [2.24, 2.45) is 16.6 Å². The second kappa shape index (κ2) is 8.98. The van der Waals surface area contributed by atoms with Gasteiger partial charge in [0.25, 0.3) is 0 Å². The molecule has 1 aromatic heterocycles. The van der Waals surface area contributed by atoms with E-state index in [-0.39, 0.29) is 37.1 Å². The molecule has 140 valence electrons. The lowest BCUT2D eigenvalue weighted by atomic mass is 9.80. The summed E-state index contributed by atoms with van der Waals surface area (Å²) in [5, 5.41) is 0. The van der Waals surface area contributed by atoms with Gasteiger partial charge in [-0.15, -0.1) is 0 Å². The van der Waals surface area contributed by atoms with Crippen molar-refractivity contribution in [3.63, 3.8) is 0 Å². The Kier molecular flexibility index (Phi) is 6.71. The minimum Gasteiger partial charge on any atom is -0.480 e. The predicted octanol–water partition coefficient (Wildman–Crippen LogP) is 1.53. The van der Waals surface area contributed by atoms with Gasteiger partial charge in [-0.2, -0.15) is 4.99 Å². The molecular weight excluding hydrogens is 338 g/mol. The fraction of sp³-hybridized carbons (Fsp3) is 0.444. The summed E-state index contributed by atoms with van der Waals surface area (Å²) in [6.45, 7) is 5.77. The van der Waals surface area contributed by atoms with Crippen LogP contribution in [0.2, 0.25) is 0 Å². The normalized spacial score (nSPS) is 19.6. The molecule has 0 amide bonds. The number of esters is 2. The van der Waals surface area contributed by atoms with Gasteiger partial charge in [0.15, 0.2) is 0 Å². The smallest absolute Gasteiger partial charge is 0.338 e. The molecule has 0 aromatic carbocycles. The number of aromatic nitrogens is 1. The molecular formula is C18H23N3O5. The summed E-state index contributed by atoms with van der Waals surface area (Å²) >= 11 is 0. The molecule has 0 fully saturated rings. The molecule has 2 unspecified atom stereocenters. The highest BCUT2D eigenvalue weighted by Gasteiger charge is 2.46. The molecule has 0 bridgehead atoms. The van der Waals surface area contributed by atoms with Crippen LogP contribution in [0.4, 0.5) is 0 Å². The van der Waals surface area contributed by atoms with Crippen LogP contribution < -0.4 is 5.73 Å². The van der Waals surface area contributed by atoms with E-state index in [1.54, 1.807) is 45.2 Å². The van der Waals surface area contributed by atoms with Gasteiger partial charge in [0.2, 0.25) is 5.90 Å². The van der Waals surface area contributed by atoms with E-state index in [0.29, 0.717) is 5.69 Å². The second-order valence-electron chi connectivity index (χ2n) is 5.36. The maximum atomic E-state index is 12.7. The topological polar surface area (TPSA) is 113 Å². The van der Waals surface area contributed by atoms with E-state index in [0.717, 1.165) is 0 Å². The SMILES string of the molecule is CCOC(=O)C1=C(N)N=C(OCC)C(C(=O)OCC)C1c1ccccn1. The van der Waals surface area contributed by atoms with Crippen LogP contribution in [0.15, 0.2) is 40.8 Å². The molecule has 0 saturated carbocycles. The third-order valence-electron chi connectivity index (χ3n) is 3.75. The predicted molar refractivity (Wildman–Crippen MR) is 94.0 cm³/mol. The molecule has 0 saturated heterocycles. The molecule has 26 heavy (non-hydrogen) atoms. The number of hydrogen-bond donors (Lipinski definition) is 1. The molecule has 0 radical (unpaired) electrons. The Bertz CT molecular complexity index is 715. The summed E-state index contributed by atoms with van der Waals surface area (Å²) < 4.78 is 15.8. The van der Waals surface area contributed by atoms with E-state index in [1.165, 1.54) is 0 Å². The van der Waals surface area contributed by atoms with Crippen molar-refractivity contribution < 1.29 is 23.8 Å². The van der Waals surface area contributed by atoms with Crippen LogP contribution in [0.1, 0.15) is 32.4 Å². The number of nitrogens with two attached hydrogens (primary N) is 1. The highest BCUT2D eigenvalue weighted by atomic mass is 16.5. The van der Waals surface area contributed by atoms with Crippen LogP contribution in [-0.4, -0.2) is 42.6 Å². The highest BCUT2D eigenvalue weighted by molar-refractivity contribution is 6.04. The van der Waals surface area contributed by atoms with E-state index in [2.05, 4.69) is 9.98 Å². The Balaban J connectivity index is 2.63. The van der Waals surface area contributed by atoms with Gasteiger partial charge in [-0.1, -0.05) is 6.07 Å². The van der Waals surface area contributed by atoms with E-state index in [9.17, 15) is 9.59 Å². The minimum atomic E-state index is -0.975. The van der Waals surface area contributed by atoms with Gasteiger partial charge in [0.1, 0.15) is 11.7 Å². The average molecular weight is 361 g/mol. The quantitative estimate of drug-likeness (QED) is 0.764. The molecule has 2 rings (SSSR count). The number of carbonyl (C=O) groups excluding carboxylic acids is 2. The van der Waals surface area contributed by atoms with Crippen molar-refractivity contribution in [1.29, 1.82) is 0 Å². The van der Waals surface area contributed by atoms with Gasteiger partial charge in [0, 0.05) is 11.9 Å². The molecule has 2 atom stereocenters. The fourth-order valence-corrected chi connectivity index (χ4v) is 2.77. The summed E-state index contributed by atoms with van der Waals surface area (Å²) in [6, 6.07) is 5.20. The number of aliphatic imine (C=N–C) groups is 1. The Hall–Kier alpha value is -2.90. The summed E-state index contributed by atoms with van der Waals surface area (Å²) in [5.74, 6) is -2.95. The minimum absolute atomic E-state index is 0.0527. The Morgan fingerprint density at radius 2 is 1.85 bits per heavy atom. The zero-order chi connectivity index (χ0) is 19.1. The summed E-state index contributed by atoms with van der Waals surface area (Å²) in [6.07, 6.45) is 1.57. The van der Waals surface area contributed by atoms with E-state index in [4.69, 9.17) is 19.9 Å². The van der Waals surface area contributed by atoms with Gasteiger partial charge in [-0.05, 0) is 32.9 Å². The zero-order valence-electron chi connectivity index (χ0n) is 15.1. The lowest BCUT2D eigenvalue weighted by Crippen LogP contribution is -2.40. The van der Waals surface area contributed by atoms with Crippen LogP contribution in [0.3, 0.4) is 0 Å². The number of rotatable bonds is 6. The number of pyridine rings is 1. The zero-order valence-corrected chi connectivity index (χ0v) is 15.1. The van der Waals surface area contributed by atoms with Crippen molar-refractivity contribution in [3.8, 4) is 0 Å². The highest BCUT2D eigenvalue weighted by Crippen LogP contribution is 2.38. The maximum absolute atomic E-state index is 12.7.